The summed E-state index contributed by atoms with van der Waals surface area (Å²) < 4.78 is 14.3. The Balaban J connectivity index is 0.00000225. The van der Waals surface area contributed by atoms with Crippen LogP contribution >= 0.6 is 12.4 Å². The molecule has 1 aliphatic heterocycles. The van der Waals surface area contributed by atoms with Gasteiger partial charge in [0.2, 0.25) is 5.91 Å². The fourth-order valence-electron chi connectivity index (χ4n) is 3.21. The summed E-state index contributed by atoms with van der Waals surface area (Å²) >= 11 is 0. The molecule has 1 aliphatic rings. The van der Waals surface area contributed by atoms with Crippen molar-refractivity contribution in [2.75, 3.05) is 13.1 Å². The van der Waals surface area contributed by atoms with E-state index in [1.54, 1.807) is 12.1 Å². The summed E-state index contributed by atoms with van der Waals surface area (Å²) in [5, 5.41) is 6.33. The molecule has 2 unspecified atom stereocenters. The van der Waals surface area contributed by atoms with E-state index in [1.165, 1.54) is 6.07 Å². The standard InChI is InChI=1S/C20H23FN2O.ClH/c21-18-11-5-4-10-17(18)19(13-15-7-2-1-3-8-15)23-20(24)16-9-6-12-22-14-16;/h1-5,7-8,10-11,16,19,22H,6,9,12-14H2,(H,23,24);1H. The topological polar surface area (TPSA) is 41.1 Å². The van der Waals surface area contributed by atoms with Gasteiger partial charge in [0, 0.05) is 12.1 Å². The first kappa shape index (κ1) is 19.4. The van der Waals surface area contributed by atoms with E-state index in [2.05, 4.69) is 10.6 Å². The molecule has 0 spiro atoms. The molecule has 3 rings (SSSR count). The van der Waals surface area contributed by atoms with Crippen LogP contribution in [-0.2, 0) is 11.2 Å². The van der Waals surface area contributed by atoms with Gasteiger partial charge in [0.05, 0.1) is 12.0 Å². The lowest BCUT2D eigenvalue weighted by Gasteiger charge is -2.26. The molecule has 0 aromatic heterocycles. The second kappa shape index (κ2) is 9.54. The van der Waals surface area contributed by atoms with Gasteiger partial charge in [-0.1, -0.05) is 48.5 Å². The Morgan fingerprint density at radius 2 is 1.88 bits per heavy atom. The smallest absolute Gasteiger partial charge is 0.224 e. The summed E-state index contributed by atoms with van der Waals surface area (Å²) in [5.74, 6) is -0.310. The number of carbonyl (C=O) groups is 1. The minimum atomic E-state index is -0.358. The van der Waals surface area contributed by atoms with Gasteiger partial charge in [0.1, 0.15) is 5.82 Å². The minimum absolute atomic E-state index is 0. The van der Waals surface area contributed by atoms with Crippen molar-refractivity contribution in [3.8, 4) is 0 Å². The number of nitrogens with one attached hydrogen (secondary N) is 2. The largest absolute Gasteiger partial charge is 0.349 e. The van der Waals surface area contributed by atoms with Gasteiger partial charge < -0.3 is 10.6 Å². The van der Waals surface area contributed by atoms with Crippen LogP contribution in [-0.4, -0.2) is 19.0 Å². The average Bonchev–Trinajstić information content (AvgIpc) is 2.63. The van der Waals surface area contributed by atoms with Gasteiger partial charge in [-0.3, -0.25) is 4.79 Å². The van der Waals surface area contributed by atoms with Crippen LogP contribution in [0.4, 0.5) is 4.39 Å². The van der Waals surface area contributed by atoms with Crippen molar-refractivity contribution in [1.29, 1.82) is 0 Å². The Hall–Kier alpha value is -1.91. The third-order valence-corrected chi connectivity index (χ3v) is 4.55. The quantitative estimate of drug-likeness (QED) is 0.852. The lowest BCUT2D eigenvalue weighted by molar-refractivity contribution is -0.126. The predicted octanol–water partition coefficient (Wildman–Crippen LogP) is 3.65. The summed E-state index contributed by atoms with van der Waals surface area (Å²) in [6.07, 6.45) is 2.46. The van der Waals surface area contributed by atoms with Crippen LogP contribution < -0.4 is 10.6 Å². The SMILES string of the molecule is Cl.O=C(NC(Cc1ccccc1)c1ccccc1F)C1CCCNC1. The number of rotatable bonds is 5. The van der Waals surface area contributed by atoms with E-state index in [1.807, 2.05) is 36.4 Å². The molecule has 1 heterocycles. The van der Waals surface area contributed by atoms with Crippen LogP contribution in [0.5, 0.6) is 0 Å². The van der Waals surface area contributed by atoms with Crippen molar-refractivity contribution in [1.82, 2.24) is 10.6 Å². The molecule has 2 atom stereocenters. The highest BCUT2D eigenvalue weighted by Gasteiger charge is 2.25. The van der Waals surface area contributed by atoms with E-state index < -0.39 is 0 Å². The normalized spacial score (nSPS) is 18.0. The maximum Gasteiger partial charge on any atom is 0.224 e. The highest BCUT2D eigenvalue weighted by Crippen LogP contribution is 2.22. The van der Waals surface area contributed by atoms with E-state index in [9.17, 15) is 9.18 Å². The fourth-order valence-corrected chi connectivity index (χ4v) is 3.21. The monoisotopic (exact) mass is 362 g/mol. The van der Waals surface area contributed by atoms with Crippen LogP contribution in [0.25, 0.3) is 0 Å². The van der Waals surface area contributed by atoms with Crippen molar-refractivity contribution < 1.29 is 9.18 Å². The van der Waals surface area contributed by atoms with Gasteiger partial charge in [0.25, 0.3) is 0 Å². The maximum atomic E-state index is 14.3. The van der Waals surface area contributed by atoms with Crippen LogP contribution in [0, 0.1) is 11.7 Å². The molecule has 0 bridgehead atoms. The molecule has 0 saturated carbocycles. The first-order chi connectivity index (χ1) is 11.7. The van der Waals surface area contributed by atoms with Crippen LogP contribution in [0.15, 0.2) is 54.6 Å². The van der Waals surface area contributed by atoms with Crippen LogP contribution in [0.1, 0.15) is 30.0 Å². The molecule has 0 aliphatic carbocycles. The predicted molar refractivity (Wildman–Crippen MR) is 100 cm³/mol. The molecule has 134 valence electrons. The zero-order valence-corrected chi connectivity index (χ0v) is 14.9. The van der Waals surface area contributed by atoms with Crippen LogP contribution in [0.2, 0.25) is 0 Å². The van der Waals surface area contributed by atoms with Gasteiger partial charge in [0.15, 0.2) is 0 Å². The van der Waals surface area contributed by atoms with Crippen molar-refractivity contribution in [3.05, 3.63) is 71.5 Å². The molecule has 1 fully saturated rings. The molecule has 0 radical (unpaired) electrons. The van der Waals surface area contributed by atoms with E-state index >= 15 is 0 Å². The summed E-state index contributed by atoms with van der Waals surface area (Å²) in [6.45, 7) is 1.66. The Morgan fingerprint density at radius 1 is 1.16 bits per heavy atom. The van der Waals surface area contributed by atoms with Gasteiger partial charge >= 0.3 is 0 Å². The van der Waals surface area contributed by atoms with Gasteiger partial charge in [-0.25, -0.2) is 4.39 Å². The summed E-state index contributed by atoms with van der Waals surface area (Å²) in [7, 11) is 0. The molecule has 2 N–H and O–H groups in total. The molecule has 5 heteroatoms. The number of carbonyl (C=O) groups excluding carboxylic acids is 1. The van der Waals surface area contributed by atoms with Crippen molar-refractivity contribution >= 4 is 18.3 Å². The van der Waals surface area contributed by atoms with E-state index in [4.69, 9.17) is 0 Å². The summed E-state index contributed by atoms with van der Waals surface area (Å²) in [5.41, 5.74) is 1.62. The Labute approximate surface area is 154 Å². The van der Waals surface area contributed by atoms with Crippen LogP contribution in [0.3, 0.4) is 0 Å². The second-order valence-corrected chi connectivity index (χ2v) is 6.32. The zero-order valence-electron chi connectivity index (χ0n) is 14.1. The number of halogens is 2. The number of benzene rings is 2. The number of piperidine rings is 1. The molecule has 2 aromatic carbocycles. The lowest BCUT2D eigenvalue weighted by atomic mass is 9.95. The number of hydrogen-bond acceptors (Lipinski definition) is 2. The molecular weight excluding hydrogens is 339 g/mol. The molecule has 1 amide bonds. The molecule has 1 saturated heterocycles. The number of hydrogen-bond donors (Lipinski definition) is 2. The summed E-state index contributed by atoms with van der Waals surface area (Å²) in [6, 6.07) is 16.2. The summed E-state index contributed by atoms with van der Waals surface area (Å²) in [4.78, 5) is 12.6. The van der Waals surface area contributed by atoms with Crippen molar-refractivity contribution in [3.63, 3.8) is 0 Å². The molecule has 2 aromatic rings. The Bertz CT molecular complexity index is 674. The van der Waals surface area contributed by atoms with Crippen molar-refractivity contribution in [2.45, 2.75) is 25.3 Å². The lowest BCUT2D eigenvalue weighted by Crippen LogP contribution is -2.42. The Kier molecular flexibility index (Phi) is 7.41. The fraction of sp³-hybridized carbons (Fsp3) is 0.350. The van der Waals surface area contributed by atoms with Gasteiger partial charge in [-0.05, 0) is 37.4 Å². The highest BCUT2D eigenvalue weighted by molar-refractivity contribution is 5.85. The van der Waals surface area contributed by atoms with E-state index in [0.717, 1.165) is 24.9 Å². The van der Waals surface area contributed by atoms with Crippen molar-refractivity contribution in [2.24, 2.45) is 5.92 Å². The zero-order chi connectivity index (χ0) is 16.8. The average molecular weight is 363 g/mol. The van der Waals surface area contributed by atoms with Gasteiger partial charge in [-0.2, -0.15) is 0 Å². The third-order valence-electron chi connectivity index (χ3n) is 4.55. The molecule has 25 heavy (non-hydrogen) atoms. The van der Waals surface area contributed by atoms with Gasteiger partial charge in [-0.15, -0.1) is 12.4 Å². The Morgan fingerprint density at radius 3 is 2.56 bits per heavy atom. The molecule has 3 nitrogen and oxygen atoms in total. The number of amides is 1. The second-order valence-electron chi connectivity index (χ2n) is 6.32. The minimum Gasteiger partial charge on any atom is -0.349 e. The first-order valence-corrected chi connectivity index (χ1v) is 8.53. The first-order valence-electron chi connectivity index (χ1n) is 8.53. The van der Waals surface area contributed by atoms with E-state index in [0.29, 0.717) is 18.5 Å². The molecular formula is C20H24ClFN2O. The third kappa shape index (κ3) is 5.28. The highest BCUT2D eigenvalue weighted by atomic mass is 35.5. The maximum absolute atomic E-state index is 14.3. The van der Waals surface area contributed by atoms with E-state index in [-0.39, 0.29) is 36.1 Å².